The molecule has 0 fully saturated rings. The van der Waals surface area contributed by atoms with Crippen LogP contribution < -0.4 is 10.6 Å². The second-order valence-corrected chi connectivity index (χ2v) is 8.64. The number of ether oxygens (including phenoxy) is 1. The molecule has 3 rings (SSSR count). The third kappa shape index (κ3) is 5.98. The Balaban J connectivity index is 1.85. The number of hydrogen-bond acceptors (Lipinski definition) is 6. The molecule has 0 unspecified atom stereocenters. The summed E-state index contributed by atoms with van der Waals surface area (Å²) in [7, 11) is 0. The number of hydrogen-bond donors (Lipinski definition) is 2. The zero-order valence-corrected chi connectivity index (χ0v) is 19.9. The summed E-state index contributed by atoms with van der Waals surface area (Å²) in [6, 6.07) is 18.9. The van der Waals surface area contributed by atoms with Crippen molar-refractivity contribution in [3.63, 3.8) is 0 Å². The molecule has 2 aromatic carbocycles. The zero-order valence-electron chi connectivity index (χ0n) is 18.4. The summed E-state index contributed by atoms with van der Waals surface area (Å²) in [6.45, 7) is 4.11. The largest absolute Gasteiger partial charge is 0.463 e. The van der Waals surface area contributed by atoms with E-state index >= 15 is 0 Å². The fourth-order valence-corrected chi connectivity index (χ4v) is 4.68. The van der Waals surface area contributed by atoms with Gasteiger partial charge in [-0.25, -0.2) is 4.79 Å². The first-order valence-electron chi connectivity index (χ1n) is 10.4. The summed E-state index contributed by atoms with van der Waals surface area (Å²) in [5, 5.41) is 17.0. The number of rotatable bonds is 8. The third-order valence-corrected chi connectivity index (χ3v) is 6.40. The highest BCUT2D eigenvalue weighted by molar-refractivity contribution is 8.03. The Morgan fingerprint density at radius 1 is 1.18 bits per heavy atom. The lowest BCUT2D eigenvalue weighted by atomic mass is 9.82. The fraction of sp³-hybridized carbons (Fsp3) is 0.240. The zero-order chi connectivity index (χ0) is 23.8. The van der Waals surface area contributed by atoms with E-state index in [-0.39, 0.29) is 18.3 Å². The predicted octanol–water partition coefficient (Wildman–Crippen LogP) is 4.65. The van der Waals surface area contributed by atoms with E-state index in [1.807, 2.05) is 30.3 Å². The molecule has 1 aliphatic rings. The molecule has 0 radical (unpaired) electrons. The van der Waals surface area contributed by atoms with Crippen molar-refractivity contribution in [1.82, 2.24) is 10.6 Å². The average Bonchev–Trinajstić information content (AvgIpc) is 2.82. The van der Waals surface area contributed by atoms with Crippen LogP contribution in [0, 0.1) is 11.3 Å². The molecule has 8 heteroatoms. The Labute approximate surface area is 202 Å². The lowest BCUT2D eigenvalue weighted by molar-refractivity contribution is -0.138. The molecule has 1 aliphatic heterocycles. The molecule has 0 aliphatic carbocycles. The van der Waals surface area contributed by atoms with Crippen LogP contribution in [0.2, 0.25) is 5.02 Å². The molecule has 6 nitrogen and oxygen atoms in total. The minimum atomic E-state index is -0.695. The van der Waals surface area contributed by atoms with Crippen molar-refractivity contribution in [1.29, 1.82) is 5.26 Å². The van der Waals surface area contributed by atoms with Gasteiger partial charge in [0.25, 0.3) is 0 Å². The number of esters is 1. The van der Waals surface area contributed by atoms with Gasteiger partial charge in [0.1, 0.15) is 0 Å². The highest BCUT2D eigenvalue weighted by Crippen LogP contribution is 2.43. The van der Waals surface area contributed by atoms with E-state index in [4.69, 9.17) is 16.3 Å². The Bertz CT molecular complexity index is 1140. The number of carbonyl (C=O) groups excluding carboxylic acids is 2. The van der Waals surface area contributed by atoms with Gasteiger partial charge in [0, 0.05) is 17.3 Å². The van der Waals surface area contributed by atoms with Crippen LogP contribution in [0.5, 0.6) is 0 Å². The van der Waals surface area contributed by atoms with Crippen molar-refractivity contribution in [3.8, 4) is 6.07 Å². The minimum Gasteiger partial charge on any atom is -0.463 e. The van der Waals surface area contributed by atoms with Gasteiger partial charge in [-0.3, -0.25) is 4.79 Å². The standard InChI is InChI=1S/C25H24ClN3O3S/c1-3-32-25(31)22-16(2)29-24(19(13-27)23(22)18-11-7-8-12-20(18)26)33-15-21(30)28-14-17-9-5-4-6-10-17/h4-12,23,29H,3,14-15H2,1-2H3,(H,28,30)/t23-/m1/s1. The first kappa shape index (κ1) is 24.4. The maximum Gasteiger partial charge on any atom is 0.336 e. The molecule has 0 saturated heterocycles. The Morgan fingerprint density at radius 2 is 1.88 bits per heavy atom. The van der Waals surface area contributed by atoms with E-state index in [2.05, 4.69) is 16.7 Å². The van der Waals surface area contributed by atoms with Gasteiger partial charge < -0.3 is 15.4 Å². The van der Waals surface area contributed by atoms with Crippen LogP contribution in [0.15, 0.2) is 76.5 Å². The highest BCUT2D eigenvalue weighted by atomic mass is 35.5. The van der Waals surface area contributed by atoms with Crippen molar-refractivity contribution in [2.45, 2.75) is 26.3 Å². The summed E-state index contributed by atoms with van der Waals surface area (Å²) in [5.41, 5.74) is 2.84. The van der Waals surface area contributed by atoms with E-state index in [9.17, 15) is 14.9 Å². The number of dihydropyridines is 1. The van der Waals surface area contributed by atoms with Crippen molar-refractivity contribution >= 4 is 35.2 Å². The van der Waals surface area contributed by atoms with Crippen molar-refractivity contribution < 1.29 is 14.3 Å². The van der Waals surface area contributed by atoms with Gasteiger partial charge in [0.05, 0.1) is 40.5 Å². The van der Waals surface area contributed by atoms with Gasteiger partial charge in [-0.2, -0.15) is 5.26 Å². The number of carbonyl (C=O) groups is 2. The third-order valence-electron chi connectivity index (χ3n) is 5.04. The van der Waals surface area contributed by atoms with Crippen molar-refractivity contribution in [3.05, 3.63) is 92.6 Å². The van der Waals surface area contributed by atoms with Crippen LogP contribution in [-0.4, -0.2) is 24.2 Å². The summed E-state index contributed by atoms with van der Waals surface area (Å²) < 4.78 is 5.26. The molecular weight excluding hydrogens is 458 g/mol. The van der Waals surface area contributed by atoms with Gasteiger partial charge in [-0.15, -0.1) is 0 Å². The normalized spacial score (nSPS) is 15.5. The molecule has 170 valence electrons. The molecule has 2 aromatic rings. The second-order valence-electron chi connectivity index (χ2n) is 7.24. The van der Waals surface area contributed by atoms with Crippen LogP contribution in [0.4, 0.5) is 0 Å². The summed E-state index contributed by atoms with van der Waals surface area (Å²) >= 11 is 7.66. The Hall–Kier alpha value is -3.21. The monoisotopic (exact) mass is 481 g/mol. The predicted molar refractivity (Wildman–Crippen MR) is 130 cm³/mol. The van der Waals surface area contributed by atoms with Crippen LogP contribution >= 0.6 is 23.4 Å². The lowest BCUT2D eigenvalue weighted by Gasteiger charge is -2.29. The number of nitriles is 1. The molecule has 0 bridgehead atoms. The molecule has 1 heterocycles. The van der Waals surface area contributed by atoms with E-state index in [0.717, 1.165) is 5.56 Å². The van der Waals surface area contributed by atoms with Crippen molar-refractivity contribution in [2.24, 2.45) is 0 Å². The number of nitrogens with zero attached hydrogens (tertiary/aromatic N) is 1. The molecule has 2 N–H and O–H groups in total. The first-order chi connectivity index (χ1) is 16.0. The maximum atomic E-state index is 12.8. The van der Waals surface area contributed by atoms with Crippen LogP contribution in [0.3, 0.4) is 0 Å². The first-order valence-corrected chi connectivity index (χ1v) is 11.8. The van der Waals surface area contributed by atoms with Crippen LogP contribution in [0.25, 0.3) is 0 Å². The maximum absolute atomic E-state index is 12.8. The number of benzene rings is 2. The summed E-state index contributed by atoms with van der Waals surface area (Å²) in [5.74, 6) is -1.26. The Morgan fingerprint density at radius 3 is 2.55 bits per heavy atom. The quantitative estimate of drug-likeness (QED) is 0.533. The molecule has 0 aromatic heterocycles. The van der Waals surface area contributed by atoms with E-state index in [0.29, 0.717) is 39.0 Å². The van der Waals surface area contributed by atoms with Gasteiger partial charge in [-0.1, -0.05) is 71.9 Å². The average molecular weight is 482 g/mol. The Kier molecular flexibility index (Phi) is 8.58. The summed E-state index contributed by atoms with van der Waals surface area (Å²) in [6.07, 6.45) is 0. The van der Waals surface area contributed by atoms with E-state index in [1.165, 1.54) is 11.8 Å². The topological polar surface area (TPSA) is 91.2 Å². The van der Waals surface area contributed by atoms with Gasteiger partial charge in [0.15, 0.2) is 0 Å². The number of thioether (sulfide) groups is 1. The van der Waals surface area contributed by atoms with Crippen LogP contribution in [0.1, 0.15) is 30.9 Å². The molecular formula is C25H24ClN3O3S. The minimum absolute atomic E-state index is 0.109. The molecule has 0 spiro atoms. The molecule has 33 heavy (non-hydrogen) atoms. The molecule has 0 saturated carbocycles. The van der Waals surface area contributed by atoms with Gasteiger partial charge in [0.2, 0.25) is 5.91 Å². The number of nitrogens with one attached hydrogen (secondary N) is 2. The summed E-state index contributed by atoms with van der Waals surface area (Å²) in [4.78, 5) is 25.2. The number of allylic oxidation sites excluding steroid dienone is 2. The smallest absolute Gasteiger partial charge is 0.336 e. The molecule has 1 amide bonds. The van der Waals surface area contributed by atoms with Gasteiger partial charge >= 0.3 is 5.97 Å². The lowest BCUT2D eigenvalue weighted by Crippen LogP contribution is -2.30. The second kappa shape index (κ2) is 11.6. The number of halogens is 1. The highest BCUT2D eigenvalue weighted by Gasteiger charge is 2.36. The van der Waals surface area contributed by atoms with E-state index < -0.39 is 11.9 Å². The molecule has 1 atom stereocenters. The SMILES string of the molecule is CCOC(=O)C1=C(C)NC(SCC(=O)NCc2ccccc2)=C(C#N)[C@H]1c1ccccc1Cl. The van der Waals surface area contributed by atoms with E-state index in [1.54, 1.807) is 38.1 Å². The van der Waals surface area contributed by atoms with Crippen LogP contribution in [-0.2, 0) is 20.9 Å². The fourth-order valence-electron chi connectivity index (χ4n) is 3.51. The number of amides is 1. The van der Waals surface area contributed by atoms with Gasteiger partial charge in [-0.05, 0) is 31.0 Å². The van der Waals surface area contributed by atoms with Crippen molar-refractivity contribution in [2.75, 3.05) is 12.4 Å².